The number of fused-ring (bicyclic) bond motifs is 1. The third-order valence-electron chi connectivity index (χ3n) is 3.92. The number of pyridine rings is 1. The number of aromatic carboxylic acids is 1. The Kier molecular flexibility index (Phi) is 3.31. The van der Waals surface area contributed by atoms with Crippen molar-refractivity contribution in [1.82, 2.24) is 15.0 Å². The van der Waals surface area contributed by atoms with Crippen molar-refractivity contribution in [2.24, 2.45) is 0 Å². The van der Waals surface area contributed by atoms with Crippen LogP contribution in [0.15, 0.2) is 67.0 Å². The van der Waals surface area contributed by atoms with Crippen LogP contribution in [0.25, 0.3) is 33.4 Å². The van der Waals surface area contributed by atoms with Crippen LogP contribution in [-0.4, -0.2) is 26.0 Å². The van der Waals surface area contributed by atoms with Gasteiger partial charge in [-0.2, -0.15) is 0 Å². The van der Waals surface area contributed by atoms with Crippen molar-refractivity contribution in [2.45, 2.75) is 0 Å². The Hall–Kier alpha value is -3.47. The molecule has 0 saturated carbocycles. The van der Waals surface area contributed by atoms with Gasteiger partial charge in [0, 0.05) is 23.5 Å². The standard InChI is InChI=1S/C19H13N3O2/c23-19(24)17-16(13-8-10-20-11-9-13)21-18(22-17)15-7-3-5-12-4-1-2-6-14(12)15/h1-11H,(H,21,22)(H,23,24). The number of H-pyrrole nitrogens is 1. The van der Waals surface area contributed by atoms with Gasteiger partial charge in [-0.05, 0) is 22.9 Å². The second-order valence-corrected chi connectivity index (χ2v) is 5.38. The molecule has 5 heteroatoms. The summed E-state index contributed by atoms with van der Waals surface area (Å²) in [5, 5.41) is 11.6. The molecule has 0 spiro atoms. The Morgan fingerprint density at radius 1 is 0.958 bits per heavy atom. The predicted octanol–water partition coefficient (Wildman–Crippen LogP) is 3.99. The summed E-state index contributed by atoms with van der Waals surface area (Å²) in [6.45, 7) is 0. The monoisotopic (exact) mass is 315 g/mol. The highest BCUT2D eigenvalue weighted by molar-refractivity contribution is 5.98. The zero-order valence-electron chi connectivity index (χ0n) is 12.6. The van der Waals surface area contributed by atoms with Gasteiger partial charge in [-0.1, -0.05) is 42.5 Å². The maximum atomic E-state index is 11.6. The van der Waals surface area contributed by atoms with E-state index in [1.165, 1.54) is 0 Å². The molecule has 0 amide bonds. The summed E-state index contributed by atoms with van der Waals surface area (Å²) < 4.78 is 0. The van der Waals surface area contributed by atoms with Gasteiger partial charge >= 0.3 is 5.97 Å². The van der Waals surface area contributed by atoms with Crippen LogP contribution >= 0.6 is 0 Å². The fraction of sp³-hybridized carbons (Fsp3) is 0. The zero-order chi connectivity index (χ0) is 16.5. The van der Waals surface area contributed by atoms with Gasteiger partial charge < -0.3 is 10.1 Å². The smallest absolute Gasteiger partial charge is 0.354 e. The molecule has 5 nitrogen and oxygen atoms in total. The molecule has 0 saturated heterocycles. The molecule has 2 aromatic carbocycles. The van der Waals surface area contributed by atoms with Crippen LogP contribution in [0.4, 0.5) is 0 Å². The minimum Gasteiger partial charge on any atom is -0.477 e. The maximum Gasteiger partial charge on any atom is 0.354 e. The van der Waals surface area contributed by atoms with E-state index in [0.29, 0.717) is 17.1 Å². The zero-order valence-corrected chi connectivity index (χ0v) is 12.6. The van der Waals surface area contributed by atoms with Gasteiger partial charge in [-0.15, -0.1) is 0 Å². The Labute approximate surface area is 137 Å². The summed E-state index contributed by atoms with van der Waals surface area (Å²) in [6.07, 6.45) is 3.24. The van der Waals surface area contributed by atoms with Crippen molar-refractivity contribution < 1.29 is 9.90 Å². The quantitative estimate of drug-likeness (QED) is 0.599. The third-order valence-corrected chi connectivity index (χ3v) is 3.92. The molecule has 0 fully saturated rings. The van der Waals surface area contributed by atoms with Gasteiger partial charge in [0.15, 0.2) is 5.69 Å². The summed E-state index contributed by atoms with van der Waals surface area (Å²) in [5.41, 5.74) is 2.07. The first-order chi connectivity index (χ1) is 11.7. The number of aromatic amines is 1. The lowest BCUT2D eigenvalue weighted by Gasteiger charge is -2.03. The Balaban J connectivity index is 1.95. The first-order valence-electron chi connectivity index (χ1n) is 7.46. The lowest BCUT2D eigenvalue weighted by atomic mass is 10.0. The molecule has 0 aliphatic rings. The highest BCUT2D eigenvalue weighted by Crippen LogP contribution is 2.30. The highest BCUT2D eigenvalue weighted by Gasteiger charge is 2.19. The van der Waals surface area contributed by atoms with E-state index in [2.05, 4.69) is 15.0 Å². The number of nitrogens with one attached hydrogen (secondary N) is 1. The predicted molar refractivity (Wildman–Crippen MR) is 91.7 cm³/mol. The first kappa shape index (κ1) is 14.1. The average molecular weight is 315 g/mol. The maximum absolute atomic E-state index is 11.6. The second kappa shape index (κ2) is 5.62. The van der Waals surface area contributed by atoms with E-state index in [-0.39, 0.29) is 5.69 Å². The number of carbonyl (C=O) groups is 1. The van der Waals surface area contributed by atoms with Crippen LogP contribution in [0.1, 0.15) is 10.5 Å². The van der Waals surface area contributed by atoms with E-state index in [9.17, 15) is 9.90 Å². The van der Waals surface area contributed by atoms with Gasteiger partial charge in [0.2, 0.25) is 0 Å². The number of hydrogen-bond donors (Lipinski definition) is 2. The second-order valence-electron chi connectivity index (χ2n) is 5.38. The van der Waals surface area contributed by atoms with E-state index < -0.39 is 5.97 Å². The largest absolute Gasteiger partial charge is 0.477 e. The van der Waals surface area contributed by atoms with E-state index in [1.54, 1.807) is 24.5 Å². The summed E-state index contributed by atoms with van der Waals surface area (Å²) in [6, 6.07) is 17.3. The first-order valence-corrected chi connectivity index (χ1v) is 7.46. The van der Waals surface area contributed by atoms with E-state index in [4.69, 9.17) is 0 Å². The summed E-state index contributed by atoms with van der Waals surface area (Å²) in [7, 11) is 0. The van der Waals surface area contributed by atoms with Gasteiger partial charge in [0.1, 0.15) is 11.5 Å². The number of imidazole rings is 1. The molecular weight excluding hydrogens is 302 g/mol. The number of benzene rings is 2. The topological polar surface area (TPSA) is 78.9 Å². The molecule has 116 valence electrons. The molecule has 4 rings (SSSR count). The number of hydrogen-bond acceptors (Lipinski definition) is 3. The molecule has 2 aromatic heterocycles. The van der Waals surface area contributed by atoms with Crippen LogP contribution in [0.3, 0.4) is 0 Å². The number of nitrogens with zero attached hydrogens (tertiary/aromatic N) is 2. The lowest BCUT2D eigenvalue weighted by Crippen LogP contribution is -1.99. The van der Waals surface area contributed by atoms with Crippen molar-refractivity contribution in [1.29, 1.82) is 0 Å². The van der Waals surface area contributed by atoms with Crippen LogP contribution in [0.2, 0.25) is 0 Å². The van der Waals surface area contributed by atoms with Crippen molar-refractivity contribution in [2.75, 3.05) is 0 Å². The molecule has 0 aliphatic heterocycles. The highest BCUT2D eigenvalue weighted by atomic mass is 16.4. The fourth-order valence-electron chi connectivity index (χ4n) is 2.81. The van der Waals surface area contributed by atoms with Crippen molar-refractivity contribution >= 4 is 16.7 Å². The number of carboxylic acids is 1. The van der Waals surface area contributed by atoms with Crippen LogP contribution in [0.5, 0.6) is 0 Å². The van der Waals surface area contributed by atoms with E-state index in [0.717, 1.165) is 16.3 Å². The van der Waals surface area contributed by atoms with Gasteiger partial charge in [-0.25, -0.2) is 9.78 Å². The third kappa shape index (κ3) is 2.32. The molecule has 0 unspecified atom stereocenters. The van der Waals surface area contributed by atoms with Crippen molar-refractivity contribution in [3.05, 3.63) is 72.7 Å². The molecule has 0 radical (unpaired) electrons. The molecule has 0 atom stereocenters. The minimum absolute atomic E-state index is 0.0733. The number of aromatic nitrogens is 3. The number of carboxylic acid groups (broad SMARTS) is 1. The minimum atomic E-state index is -1.04. The molecule has 24 heavy (non-hydrogen) atoms. The SMILES string of the molecule is O=C(O)c1[nH]c(-c2cccc3ccccc23)nc1-c1ccncc1. The summed E-state index contributed by atoms with van der Waals surface area (Å²) in [4.78, 5) is 23.1. The van der Waals surface area contributed by atoms with E-state index in [1.807, 2.05) is 42.5 Å². The fourth-order valence-corrected chi connectivity index (χ4v) is 2.81. The Morgan fingerprint density at radius 3 is 2.50 bits per heavy atom. The molecule has 2 N–H and O–H groups in total. The average Bonchev–Trinajstić information content (AvgIpc) is 3.07. The van der Waals surface area contributed by atoms with Gasteiger partial charge in [0.05, 0.1) is 0 Å². The van der Waals surface area contributed by atoms with Gasteiger partial charge in [-0.3, -0.25) is 4.98 Å². The van der Waals surface area contributed by atoms with Gasteiger partial charge in [0.25, 0.3) is 0 Å². The summed E-state index contributed by atoms with van der Waals surface area (Å²) >= 11 is 0. The van der Waals surface area contributed by atoms with Crippen molar-refractivity contribution in [3.63, 3.8) is 0 Å². The normalized spacial score (nSPS) is 10.8. The molecular formula is C19H13N3O2. The van der Waals surface area contributed by atoms with Crippen LogP contribution < -0.4 is 0 Å². The Morgan fingerprint density at radius 2 is 1.71 bits per heavy atom. The lowest BCUT2D eigenvalue weighted by molar-refractivity contribution is 0.0692. The Bertz CT molecular complexity index is 1030. The molecule has 4 aromatic rings. The summed E-state index contributed by atoms with van der Waals surface area (Å²) in [5.74, 6) is -0.503. The molecule has 0 bridgehead atoms. The molecule has 2 heterocycles. The number of rotatable bonds is 3. The van der Waals surface area contributed by atoms with E-state index >= 15 is 0 Å². The van der Waals surface area contributed by atoms with Crippen LogP contribution in [-0.2, 0) is 0 Å². The van der Waals surface area contributed by atoms with Crippen LogP contribution in [0, 0.1) is 0 Å². The molecule has 0 aliphatic carbocycles. The van der Waals surface area contributed by atoms with Crippen molar-refractivity contribution in [3.8, 4) is 22.6 Å².